The Balaban J connectivity index is 2.46. The van der Waals surface area contributed by atoms with E-state index in [1.54, 1.807) is 0 Å². The molecule has 1 aliphatic rings. The van der Waals surface area contributed by atoms with Crippen molar-refractivity contribution in [3.05, 3.63) is 11.5 Å². The van der Waals surface area contributed by atoms with E-state index in [1.165, 1.54) is 18.3 Å². The third kappa shape index (κ3) is 2.23. The van der Waals surface area contributed by atoms with Crippen LogP contribution in [0, 0.1) is 0 Å². The summed E-state index contributed by atoms with van der Waals surface area (Å²) in [6.45, 7) is 0. The SMILES string of the molecule is ClB(Cl)C1=CCCCC1. The summed E-state index contributed by atoms with van der Waals surface area (Å²) in [5.41, 5.74) is 0.954. The first-order valence-corrected chi connectivity index (χ1v) is 4.15. The molecule has 0 aromatic heterocycles. The first-order valence-electron chi connectivity index (χ1n) is 3.28. The van der Waals surface area contributed by atoms with Crippen molar-refractivity contribution in [2.45, 2.75) is 25.7 Å². The molecular formula is C6H9BCl2. The van der Waals surface area contributed by atoms with Crippen LogP contribution in [0.5, 0.6) is 0 Å². The van der Waals surface area contributed by atoms with Crippen molar-refractivity contribution in [1.29, 1.82) is 0 Å². The molecule has 0 bridgehead atoms. The molecule has 1 rings (SSSR count). The zero-order valence-electron chi connectivity index (χ0n) is 5.24. The highest BCUT2D eigenvalue weighted by Gasteiger charge is 2.14. The van der Waals surface area contributed by atoms with Gasteiger partial charge in [-0.2, -0.15) is 22.9 Å². The lowest BCUT2D eigenvalue weighted by Gasteiger charge is -2.10. The molecule has 0 fully saturated rings. The van der Waals surface area contributed by atoms with Crippen molar-refractivity contribution in [2.75, 3.05) is 0 Å². The minimum absolute atomic E-state index is 0.259. The van der Waals surface area contributed by atoms with Crippen LogP contribution in [0.1, 0.15) is 25.7 Å². The Morgan fingerprint density at radius 2 is 2.11 bits per heavy atom. The Hall–Kier alpha value is 0.385. The molecule has 0 radical (unpaired) electrons. The predicted octanol–water partition coefficient (Wildman–Crippen LogP) is 2.99. The van der Waals surface area contributed by atoms with Crippen LogP contribution in [-0.4, -0.2) is 5.54 Å². The lowest BCUT2D eigenvalue weighted by Crippen LogP contribution is -2.03. The van der Waals surface area contributed by atoms with Crippen LogP contribution in [-0.2, 0) is 0 Å². The van der Waals surface area contributed by atoms with Crippen molar-refractivity contribution >= 4 is 28.5 Å². The third-order valence-electron chi connectivity index (χ3n) is 1.61. The van der Waals surface area contributed by atoms with Gasteiger partial charge in [-0.05, 0) is 25.7 Å². The Labute approximate surface area is 66.1 Å². The summed E-state index contributed by atoms with van der Waals surface area (Å²) in [5, 5.41) is 0. The smallest absolute Gasteiger partial charge is 0.165 e. The van der Waals surface area contributed by atoms with Crippen molar-refractivity contribution in [3.8, 4) is 0 Å². The minimum atomic E-state index is -0.259. The number of rotatable bonds is 1. The van der Waals surface area contributed by atoms with Gasteiger partial charge in [-0.15, -0.1) is 0 Å². The first-order chi connectivity index (χ1) is 4.30. The topological polar surface area (TPSA) is 0 Å². The summed E-state index contributed by atoms with van der Waals surface area (Å²) in [6.07, 6.45) is 6.96. The van der Waals surface area contributed by atoms with E-state index in [-0.39, 0.29) is 5.54 Å². The third-order valence-corrected chi connectivity index (χ3v) is 2.17. The van der Waals surface area contributed by atoms with Crippen molar-refractivity contribution in [2.24, 2.45) is 0 Å². The van der Waals surface area contributed by atoms with Gasteiger partial charge in [-0.1, -0.05) is 11.5 Å². The second kappa shape index (κ2) is 3.53. The van der Waals surface area contributed by atoms with Crippen LogP contribution in [0.4, 0.5) is 0 Å². The highest BCUT2D eigenvalue weighted by atomic mass is 35.5. The van der Waals surface area contributed by atoms with Crippen LogP contribution in [0.15, 0.2) is 11.5 Å². The number of halogens is 2. The molecule has 0 amide bonds. The quantitative estimate of drug-likeness (QED) is 0.521. The molecule has 0 aliphatic heterocycles. The maximum Gasteiger partial charge on any atom is 0.378 e. The zero-order chi connectivity index (χ0) is 6.69. The van der Waals surface area contributed by atoms with Gasteiger partial charge in [0.05, 0.1) is 0 Å². The highest BCUT2D eigenvalue weighted by Crippen LogP contribution is 2.22. The van der Waals surface area contributed by atoms with Crippen molar-refractivity contribution in [3.63, 3.8) is 0 Å². The molecule has 3 heteroatoms. The van der Waals surface area contributed by atoms with Gasteiger partial charge >= 0.3 is 5.54 Å². The lowest BCUT2D eigenvalue weighted by atomic mass is 9.83. The first kappa shape index (κ1) is 7.49. The molecule has 0 heterocycles. The van der Waals surface area contributed by atoms with Crippen LogP contribution >= 0.6 is 22.9 Å². The maximum absolute atomic E-state index is 5.65. The lowest BCUT2D eigenvalue weighted by molar-refractivity contribution is 0.721. The second-order valence-corrected chi connectivity index (χ2v) is 3.42. The van der Waals surface area contributed by atoms with Crippen LogP contribution in [0.2, 0.25) is 0 Å². The molecule has 0 atom stereocenters. The molecule has 0 saturated carbocycles. The molecule has 9 heavy (non-hydrogen) atoms. The molecule has 0 aromatic rings. The normalized spacial score (nSPS) is 19.1. The molecular weight excluding hydrogens is 154 g/mol. The summed E-state index contributed by atoms with van der Waals surface area (Å²) >= 11 is 11.3. The van der Waals surface area contributed by atoms with Gasteiger partial charge in [0.15, 0.2) is 0 Å². The average molecular weight is 163 g/mol. The van der Waals surface area contributed by atoms with E-state index < -0.39 is 0 Å². The van der Waals surface area contributed by atoms with E-state index in [0.29, 0.717) is 0 Å². The van der Waals surface area contributed by atoms with Gasteiger partial charge in [0.2, 0.25) is 0 Å². The summed E-state index contributed by atoms with van der Waals surface area (Å²) in [4.78, 5) is 0. The fourth-order valence-corrected chi connectivity index (χ4v) is 1.46. The van der Waals surface area contributed by atoms with Crippen molar-refractivity contribution < 1.29 is 0 Å². The zero-order valence-corrected chi connectivity index (χ0v) is 6.75. The molecule has 1 aliphatic carbocycles. The minimum Gasteiger partial charge on any atom is -0.165 e. The Bertz CT molecular complexity index is 120. The van der Waals surface area contributed by atoms with E-state index in [4.69, 9.17) is 22.9 Å². The van der Waals surface area contributed by atoms with Crippen LogP contribution in [0.25, 0.3) is 0 Å². The van der Waals surface area contributed by atoms with E-state index in [1.807, 2.05) is 0 Å². The molecule has 0 N–H and O–H groups in total. The van der Waals surface area contributed by atoms with E-state index in [2.05, 4.69) is 6.08 Å². The molecule has 50 valence electrons. The fraction of sp³-hybridized carbons (Fsp3) is 0.667. The average Bonchev–Trinajstić information content (AvgIpc) is 1.90. The maximum atomic E-state index is 5.65. The molecule has 0 saturated heterocycles. The van der Waals surface area contributed by atoms with Gasteiger partial charge in [-0.3, -0.25) is 0 Å². The largest absolute Gasteiger partial charge is 0.378 e. The van der Waals surface area contributed by atoms with Gasteiger partial charge in [0.25, 0.3) is 0 Å². The number of allylic oxidation sites excluding steroid dienone is 2. The van der Waals surface area contributed by atoms with E-state index in [0.717, 1.165) is 12.8 Å². The Morgan fingerprint density at radius 1 is 1.33 bits per heavy atom. The number of hydrogen-bond donors (Lipinski definition) is 0. The van der Waals surface area contributed by atoms with Crippen LogP contribution in [0.3, 0.4) is 0 Å². The summed E-state index contributed by atoms with van der Waals surface area (Å²) in [6, 6.07) is 0. The van der Waals surface area contributed by atoms with Gasteiger partial charge in [0.1, 0.15) is 0 Å². The summed E-state index contributed by atoms with van der Waals surface area (Å²) < 4.78 is 0. The van der Waals surface area contributed by atoms with Crippen LogP contribution < -0.4 is 0 Å². The summed E-state index contributed by atoms with van der Waals surface area (Å²) in [5.74, 6) is 0. The summed E-state index contributed by atoms with van der Waals surface area (Å²) in [7, 11) is 0. The predicted molar refractivity (Wildman–Crippen MR) is 44.0 cm³/mol. The van der Waals surface area contributed by atoms with Gasteiger partial charge < -0.3 is 0 Å². The van der Waals surface area contributed by atoms with Crippen molar-refractivity contribution in [1.82, 2.24) is 0 Å². The highest BCUT2D eigenvalue weighted by molar-refractivity contribution is 7.36. The monoisotopic (exact) mass is 162 g/mol. The standard InChI is InChI=1S/C6H9BCl2/c8-7(9)6-4-2-1-3-5-6/h4H,1-3,5H2. The van der Waals surface area contributed by atoms with E-state index >= 15 is 0 Å². The second-order valence-electron chi connectivity index (χ2n) is 2.33. The molecule has 0 aromatic carbocycles. The Morgan fingerprint density at radius 3 is 2.44 bits per heavy atom. The van der Waals surface area contributed by atoms with Gasteiger partial charge in [0, 0.05) is 0 Å². The molecule has 0 spiro atoms. The fourth-order valence-electron chi connectivity index (χ4n) is 1.06. The Kier molecular flexibility index (Phi) is 2.94. The molecule has 0 unspecified atom stereocenters. The van der Waals surface area contributed by atoms with Gasteiger partial charge in [-0.25, -0.2) is 0 Å². The molecule has 0 nitrogen and oxygen atoms in total. The number of hydrogen-bond acceptors (Lipinski definition) is 0. The van der Waals surface area contributed by atoms with E-state index in [9.17, 15) is 0 Å².